The molecule has 0 unspecified atom stereocenters. The monoisotopic (exact) mass is 453 g/mol. The minimum absolute atomic E-state index is 0.211. The lowest BCUT2D eigenvalue weighted by Crippen LogP contribution is -2.56. The van der Waals surface area contributed by atoms with Gasteiger partial charge in [-0.15, -0.1) is 11.8 Å². The third-order valence-electron chi connectivity index (χ3n) is 4.45. The summed E-state index contributed by atoms with van der Waals surface area (Å²) in [5.41, 5.74) is -0.648. The van der Waals surface area contributed by atoms with Crippen LogP contribution >= 0.6 is 11.8 Å². The molecular formula is C22H31NO7S. The third-order valence-corrected chi connectivity index (χ3v) is 5.66. The number of carbonyl (C=O) groups excluding carboxylic acids is 3. The summed E-state index contributed by atoms with van der Waals surface area (Å²) in [6.07, 6.45) is 3.10. The van der Waals surface area contributed by atoms with Gasteiger partial charge >= 0.3 is 17.9 Å². The van der Waals surface area contributed by atoms with E-state index in [1.54, 1.807) is 24.5 Å². The molecule has 9 heteroatoms. The van der Waals surface area contributed by atoms with Gasteiger partial charge in [-0.2, -0.15) is 0 Å². The fourth-order valence-corrected chi connectivity index (χ4v) is 4.24. The molecule has 0 bridgehead atoms. The number of nitrogens with zero attached hydrogens (tertiary/aromatic N) is 1. The molecule has 0 radical (unpaired) electrons. The topological polar surface area (TPSA) is 101 Å². The average Bonchev–Trinajstić information content (AvgIpc) is 2.73. The Morgan fingerprint density at radius 3 is 2.06 bits per heavy atom. The summed E-state index contributed by atoms with van der Waals surface area (Å²) in [5.74, 6) is -0.407. The van der Waals surface area contributed by atoms with E-state index in [9.17, 15) is 14.4 Å². The van der Waals surface area contributed by atoms with Gasteiger partial charge < -0.3 is 18.9 Å². The van der Waals surface area contributed by atoms with Crippen LogP contribution in [0.3, 0.4) is 0 Å². The van der Waals surface area contributed by atoms with Crippen molar-refractivity contribution in [2.24, 2.45) is 0 Å². The number of pyridine rings is 1. The minimum atomic E-state index is -0.955. The van der Waals surface area contributed by atoms with Gasteiger partial charge in [-0.25, -0.2) is 0 Å². The van der Waals surface area contributed by atoms with Crippen molar-refractivity contribution in [1.82, 2.24) is 4.98 Å². The molecule has 0 aromatic carbocycles. The van der Waals surface area contributed by atoms with Crippen molar-refractivity contribution >= 4 is 29.7 Å². The molecule has 0 saturated carbocycles. The molecular weight excluding hydrogens is 422 g/mol. The van der Waals surface area contributed by atoms with Crippen molar-refractivity contribution in [3.63, 3.8) is 0 Å². The smallest absolute Gasteiger partial charge is 0.306 e. The highest BCUT2D eigenvalue weighted by atomic mass is 32.2. The van der Waals surface area contributed by atoms with Gasteiger partial charge in [0.1, 0.15) is 5.75 Å². The van der Waals surface area contributed by atoms with Gasteiger partial charge in [-0.3, -0.25) is 19.4 Å². The maximum absolute atomic E-state index is 12.4. The molecule has 2 heterocycles. The molecule has 0 spiro atoms. The number of thioether (sulfide) groups is 1. The maximum atomic E-state index is 12.4. The van der Waals surface area contributed by atoms with Crippen LogP contribution in [0.25, 0.3) is 0 Å². The first-order valence-corrected chi connectivity index (χ1v) is 11.8. The minimum Gasteiger partial charge on any atom is -0.474 e. The Morgan fingerprint density at radius 1 is 0.935 bits per heavy atom. The molecule has 2 rings (SSSR count). The van der Waals surface area contributed by atoms with E-state index in [0.29, 0.717) is 30.8 Å². The van der Waals surface area contributed by atoms with Crippen LogP contribution in [0.5, 0.6) is 5.75 Å². The summed E-state index contributed by atoms with van der Waals surface area (Å²) in [6.45, 7) is 5.61. The summed E-state index contributed by atoms with van der Waals surface area (Å²) in [7, 11) is 0. The van der Waals surface area contributed by atoms with Crippen LogP contribution in [0.2, 0.25) is 0 Å². The number of aromatic nitrogens is 1. The van der Waals surface area contributed by atoms with Crippen molar-refractivity contribution in [3.05, 3.63) is 24.5 Å². The fraction of sp³-hybridized carbons (Fsp3) is 0.636. The SMILES string of the molecule is CCCC(=O)O[C@@H]1[C@@H](OC(=O)CCC)[C@H](OC(=O)CCC)CS[C@H]1Oc1cccnc1. The van der Waals surface area contributed by atoms with Gasteiger partial charge in [-0.05, 0) is 31.4 Å². The largest absolute Gasteiger partial charge is 0.474 e. The van der Waals surface area contributed by atoms with Gasteiger partial charge in [0.15, 0.2) is 23.7 Å². The number of hydrogen-bond acceptors (Lipinski definition) is 9. The molecule has 0 aliphatic carbocycles. The van der Waals surface area contributed by atoms with E-state index in [0.717, 1.165) is 0 Å². The van der Waals surface area contributed by atoms with E-state index in [1.165, 1.54) is 11.8 Å². The lowest BCUT2D eigenvalue weighted by molar-refractivity contribution is -0.189. The van der Waals surface area contributed by atoms with Crippen LogP contribution in [0.15, 0.2) is 24.5 Å². The Morgan fingerprint density at radius 2 is 1.52 bits per heavy atom. The Bertz CT molecular complexity index is 715. The van der Waals surface area contributed by atoms with Gasteiger partial charge in [0.2, 0.25) is 0 Å². The van der Waals surface area contributed by atoms with Gasteiger partial charge in [0.25, 0.3) is 0 Å². The van der Waals surface area contributed by atoms with E-state index in [1.807, 2.05) is 20.8 Å². The summed E-state index contributed by atoms with van der Waals surface area (Å²) in [6, 6.07) is 3.47. The van der Waals surface area contributed by atoms with E-state index >= 15 is 0 Å². The summed E-state index contributed by atoms with van der Waals surface area (Å²) in [4.78, 5) is 40.9. The van der Waals surface area contributed by atoms with Crippen molar-refractivity contribution < 1.29 is 33.3 Å². The molecule has 4 atom stereocenters. The van der Waals surface area contributed by atoms with Crippen LogP contribution in [0.1, 0.15) is 59.3 Å². The van der Waals surface area contributed by atoms with Crippen molar-refractivity contribution in [2.75, 3.05) is 5.75 Å². The van der Waals surface area contributed by atoms with Crippen LogP contribution < -0.4 is 4.74 Å². The average molecular weight is 454 g/mol. The third kappa shape index (κ3) is 8.05. The number of carbonyl (C=O) groups is 3. The standard InChI is InChI=1S/C22H31NO7S/c1-4-8-17(24)28-16-14-31-22(27-15-11-7-12-23-13-15)21(30-19(26)10-6-3)20(16)29-18(25)9-5-2/h7,11-13,16,20-22H,4-6,8-10,14H2,1-3H3/t16-,20+,21-,22-/m1/s1. The second-order valence-corrected chi connectivity index (χ2v) is 8.33. The Kier molecular flexibility index (Phi) is 10.6. The second-order valence-electron chi connectivity index (χ2n) is 7.20. The summed E-state index contributed by atoms with van der Waals surface area (Å²) in [5, 5.41) is 0. The van der Waals surface area contributed by atoms with Crippen molar-refractivity contribution in [3.8, 4) is 5.75 Å². The molecule has 1 aromatic heterocycles. The number of rotatable bonds is 11. The highest BCUT2D eigenvalue weighted by molar-refractivity contribution is 7.99. The first-order chi connectivity index (χ1) is 15.0. The quantitative estimate of drug-likeness (QED) is 0.367. The highest BCUT2D eigenvalue weighted by Gasteiger charge is 2.48. The van der Waals surface area contributed by atoms with E-state index in [4.69, 9.17) is 18.9 Å². The predicted octanol–water partition coefficient (Wildman–Crippen LogP) is 3.67. The molecule has 172 valence electrons. The Labute approximate surface area is 187 Å². The van der Waals surface area contributed by atoms with Crippen LogP contribution in [-0.2, 0) is 28.6 Å². The second kappa shape index (κ2) is 13.2. The molecule has 8 nitrogen and oxygen atoms in total. The molecule has 1 aliphatic rings. The molecule has 31 heavy (non-hydrogen) atoms. The first kappa shape index (κ1) is 25.0. The Balaban J connectivity index is 2.29. The molecule has 1 fully saturated rings. The lowest BCUT2D eigenvalue weighted by atomic mass is 10.1. The Hall–Kier alpha value is -2.29. The van der Waals surface area contributed by atoms with Gasteiger partial charge in [0.05, 0.1) is 6.20 Å². The zero-order chi connectivity index (χ0) is 22.6. The molecule has 0 amide bonds. The lowest BCUT2D eigenvalue weighted by Gasteiger charge is -2.40. The zero-order valence-corrected chi connectivity index (χ0v) is 19.1. The summed E-state index contributed by atoms with van der Waals surface area (Å²) < 4.78 is 23.0. The predicted molar refractivity (Wildman–Crippen MR) is 115 cm³/mol. The first-order valence-electron chi connectivity index (χ1n) is 10.7. The van der Waals surface area contributed by atoms with Crippen molar-refractivity contribution in [2.45, 2.75) is 83.0 Å². The highest BCUT2D eigenvalue weighted by Crippen LogP contribution is 2.34. The fourth-order valence-electron chi connectivity index (χ4n) is 3.03. The van der Waals surface area contributed by atoms with E-state index in [2.05, 4.69) is 4.98 Å². The van der Waals surface area contributed by atoms with Gasteiger partial charge in [0, 0.05) is 31.2 Å². The molecule has 1 aliphatic heterocycles. The van der Waals surface area contributed by atoms with Gasteiger partial charge in [-0.1, -0.05) is 20.8 Å². The van der Waals surface area contributed by atoms with Crippen molar-refractivity contribution in [1.29, 1.82) is 0 Å². The summed E-state index contributed by atoms with van der Waals surface area (Å²) >= 11 is 1.34. The normalized spacial score (nSPS) is 22.9. The van der Waals surface area contributed by atoms with Crippen LogP contribution in [0, 0.1) is 0 Å². The number of ether oxygens (including phenoxy) is 4. The van der Waals surface area contributed by atoms with E-state index in [-0.39, 0.29) is 25.2 Å². The molecule has 0 N–H and O–H groups in total. The van der Waals surface area contributed by atoms with Crippen LogP contribution in [0.4, 0.5) is 0 Å². The van der Waals surface area contributed by atoms with Crippen LogP contribution in [-0.4, -0.2) is 52.4 Å². The molecule has 1 aromatic rings. The number of esters is 3. The zero-order valence-electron chi connectivity index (χ0n) is 18.3. The van der Waals surface area contributed by atoms with E-state index < -0.39 is 35.7 Å². The number of hydrogen-bond donors (Lipinski definition) is 0. The maximum Gasteiger partial charge on any atom is 0.306 e. The molecule has 1 saturated heterocycles.